The average molecular weight is 864 g/mol. The molecule has 0 unspecified atom stereocenters. The summed E-state index contributed by atoms with van der Waals surface area (Å²) < 4.78 is 1.90. The molecule has 0 radical (unpaired) electrons. The van der Waals surface area contributed by atoms with E-state index in [0.717, 1.165) is 34.0 Å². The first-order valence-electron chi connectivity index (χ1n) is 17.7. The van der Waals surface area contributed by atoms with Crippen LogP contribution in [0, 0.1) is 26.0 Å². The first-order chi connectivity index (χ1) is 25.3. The van der Waals surface area contributed by atoms with E-state index < -0.39 is 0 Å². The molecule has 2 aliphatic carbocycles. The second-order valence-electron chi connectivity index (χ2n) is 13.7. The Bertz CT molecular complexity index is 2430. The van der Waals surface area contributed by atoms with E-state index in [1.165, 1.54) is 50.1 Å². The maximum absolute atomic E-state index is 9.67. The van der Waals surface area contributed by atoms with E-state index in [1.807, 2.05) is 61.7 Å². The molecule has 9 rings (SSSR count). The molecule has 6 aromatic carbocycles. The summed E-state index contributed by atoms with van der Waals surface area (Å²) in [6, 6.07) is 56.5. The molecular weight excluding hydrogens is 825 g/mol. The van der Waals surface area contributed by atoms with Crippen molar-refractivity contribution in [3.63, 3.8) is 0 Å². The minimum atomic E-state index is -0.334. The van der Waals surface area contributed by atoms with Gasteiger partial charge in [-0.1, -0.05) is 115 Å². The van der Waals surface area contributed by atoms with Gasteiger partial charge in [-0.2, -0.15) is 53.3 Å². The summed E-state index contributed by atoms with van der Waals surface area (Å²) in [7, 11) is 1.99. The number of anilines is 1. The summed E-state index contributed by atoms with van der Waals surface area (Å²) in [5.41, 5.74) is 18.0. The zero-order chi connectivity index (χ0) is 36.0. The van der Waals surface area contributed by atoms with Gasteiger partial charge in [-0.15, -0.1) is 17.7 Å². The van der Waals surface area contributed by atoms with Crippen LogP contribution in [0.4, 0.5) is 5.69 Å². The number of benzene rings is 6. The molecule has 0 saturated heterocycles. The van der Waals surface area contributed by atoms with Crippen molar-refractivity contribution in [2.75, 3.05) is 11.9 Å². The third kappa shape index (κ3) is 6.10. The standard InChI is InChI=1S/C37H28N2.C11H11N2.Ir/c1-24(38)22-25(2)39(3)28-19-16-26(17-20-28)27-18-21-32-31-12-6-9-15-35(31)37(36(32)23-27)33-13-7-4-10-29(33)30-11-5-8-14-34(30)37;1-9-8-10(2)13(12-9)11-6-4-3-5-7-11;/h4-19,21-23H,1-3H3;3-6,8H,1-2H3;/q-2;-1;+3/b25-22-;;. The van der Waals surface area contributed by atoms with Crippen LogP contribution in [0.5, 0.6) is 0 Å². The van der Waals surface area contributed by atoms with Crippen molar-refractivity contribution >= 4 is 11.4 Å². The van der Waals surface area contributed by atoms with Crippen molar-refractivity contribution in [1.29, 1.82) is 0 Å². The van der Waals surface area contributed by atoms with Gasteiger partial charge in [0.15, 0.2) is 0 Å². The third-order valence-corrected chi connectivity index (χ3v) is 10.4. The average Bonchev–Trinajstić information content (AvgIpc) is 3.79. The summed E-state index contributed by atoms with van der Waals surface area (Å²) in [5, 5.41) is 14.0. The van der Waals surface area contributed by atoms with Gasteiger partial charge >= 0.3 is 20.1 Å². The summed E-state index contributed by atoms with van der Waals surface area (Å²) in [5.74, 6) is 0. The summed E-state index contributed by atoms with van der Waals surface area (Å²) in [4.78, 5) is 2.03. The predicted molar refractivity (Wildman–Crippen MR) is 215 cm³/mol. The monoisotopic (exact) mass is 864 g/mol. The van der Waals surface area contributed by atoms with Crippen molar-refractivity contribution in [2.45, 2.75) is 33.1 Å². The molecule has 260 valence electrons. The molecule has 53 heavy (non-hydrogen) atoms. The van der Waals surface area contributed by atoms with E-state index in [4.69, 9.17) is 0 Å². The number of aryl methyl sites for hydroxylation is 2. The van der Waals surface area contributed by atoms with Gasteiger partial charge in [0.1, 0.15) is 0 Å². The summed E-state index contributed by atoms with van der Waals surface area (Å²) in [6.07, 6.45) is 1.76. The van der Waals surface area contributed by atoms with Gasteiger partial charge in [0.2, 0.25) is 0 Å². The Morgan fingerprint density at radius 2 is 1.25 bits per heavy atom. The quantitative estimate of drug-likeness (QED) is 0.128. The van der Waals surface area contributed by atoms with Gasteiger partial charge in [-0.25, -0.2) is 0 Å². The normalized spacial score (nSPS) is 12.8. The molecule has 7 aromatic rings. The van der Waals surface area contributed by atoms with Crippen LogP contribution in [-0.2, 0) is 25.5 Å². The number of hydrogen-bond donors (Lipinski definition) is 0. The number of nitrogens with zero attached hydrogens (tertiary/aromatic N) is 4. The molecule has 2 aliphatic rings. The summed E-state index contributed by atoms with van der Waals surface area (Å²) >= 11 is 0. The van der Waals surface area contributed by atoms with E-state index in [1.54, 1.807) is 13.0 Å². The second kappa shape index (κ2) is 14.4. The molecule has 1 spiro atoms. The molecule has 5 heteroatoms. The van der Waals surface area contributed by atoms with Crippen LogP contribution in [0.2, 0.25) is 0 Å². The van der Waals surface area contributed by atoms with Crippen LogP contribution in [0.1, 0.15) is 47.5 Å². The van der Waals surface area contributed by atoms with Crippen LogP contribution in [0.15, 0.2) is 151 Å². The topological polar surface area (TPSA) is 43.4 Å². The Balaban J connectivity index is 0.000000263. The molecule has 4 nitrogen and oxygen atoms in total. The Kier molecular flexibility index (Phi) is 9.74. The van der Waals surface area contributed by atoms with Crippen LogP contribution in [0.25, 0.3) is 44.5 Å². The Hall–Kier alpha value is -5.61. The number of rotatable bonds is 5. The number of hydrogen-bond acceptors (Lipinski definition) is 2. The van der Waals surface area contributed by atoms with E-state index in [0.29, 0.717) is 5.71 Å². The number of aromatic nitrogens is 2. The predicted octanol–water partition coefficient (Wildman–Crippen LogP) is 11.2. The third-order valence-electron chi connectivity index (χ3n) is 10.4. The van der Waals surface area contributed by atoms with Crippen LogP contribution in [-0.4, -0.2) is 22.5 Å². The SMILES string of the molecule is CC(=[N-])/C=C(/C)N(C)c1[c-]cc(-c2ccc3c(c2)C2(c4ccccc4-c4ccccc42)c2ccccc2-3)cc1.Cc1cc(C)n(-c2[c-]cccc2)n1.[Ir+3]. The van der Waals surface area contributed by atoms with Gasteiger partial charge in [-0.3, -0.25) is 4.68 Å². The van der Waals surface area contributed by atoms with Gasteiger partial charge in [0.05, 0.1) is 11.1 Å². The number of para-hydroxylation sites is 1. The maximum atomic E-state index is 9.67. The van der Waals surface area contributed by atoms with E-state index in [2.05, 4.69) is 132 Å². The zero-order valence-electron chi connectivity index (χ0n) is 30.5. The fraction of sp³-hybridized carbons (Fsp3) is 0.125. The summed E-state index contributed by atoms with van der Waals surface area (Å²) in [6.45, 7) is 7.70. The molecule has 0 amide bonds. The van der Waals surface area contributed by atoms with E-state index >= 15 is 0 Å². The van der Waals surface area contributed by atoms with Crippen molar-refractivity contribution in [2.24, 2.45) is 0 Å². The first-order valence-corrected chi connectivity index (χ1v) is 17.7. The van der Waals surface area contributed by atoms with Gasteiger partial charge in [0, 0.05) is 18.4 Å². The van der Waals surface area contributed by atoms with Crippen LogP contribution < -0.4 is 4.90 Å². The van der Waals surface area contributed by atoms with Crippen molar-refractivity contribution < 1.29 is 20.1 Å². The molecule has 1 heterocycles. The van der Waals surface area contributed by atoms with Gasteiger partial charge < -0.3 is 10.3 Å². The fourth-order valence-electron chi connectivity index (χ4n) is 8.06. The molecule has 0 aliphatic heterocycles. The maximum Gasteiger partial charge on any atom is 3.00 e. The largest absolute Gasteiger partial charge is 3.00 e. The minimum absolute atomic E-state index is 0. The smallest absolute Gasteiger partial charge is 0.808 e. The second-order valence-corrected chi connectivity index (χ2v) is 13.7. The van der Waals surface area contributed by atoms with E-state index in [9.17, 15) is 5.41 Å². The molecule has 0 bridgehead atoms. The molecule has 0 N–H and O–H groups in total. The van der Waals surface area contributed by atoms with E-state index in [-0.39, 0.29) is 25.5 Å². The van der Waals surface area contributed by atoms with Crippen LogP contribution in [0.3, 0.4) is 0 Å². The first kappa shape index (κ1) is 35.8. The minimum Gasteiger partial charge on any atom is -0.808 e. The molecule has 0 fully saturated rings. The molecule has 0 saturated carbocycles. The van der Waals surface area contributed by atoms with Crippen molar-refractivity contribution in [1.82, 2.24) is 9.78 Å². The Morgan fingerprint density at radius 1 is 0.679 bits per heavy atom. The molecule has 1 aromatic heterocycles. The fourth-order valence-corrected chi connectivity index (χ4v) is 8.06. The van der Waals surface area contributed by atoms with Crippen LogP contribution >= 0.6 is 0 Å². The molecule has 0 atom stereocenters. The zero-order valence-corrected chi connectivity index (χ0v) is 32.9. The van der Waals surface area contributed by atoms with Gasteiger partial charge in [-0.05, 0) is 77.0 Å². The van der Waals surface area contributed by atoms with Crippen molar-refractivity contribution in [3.8, 4) is 39.1 Å². The Morgan fingerprint density at radius 3 is 1.75 bits per heavy atom. The van der Waals surface area contributed by atoms with Crippen molar-refractivity contribution in [3.05, 3.63) is 202 Å². The molecular formula is C48H39IrN4. The number of fused-ring (bicyclic) bond motifs is 10. The number of allylic oxidation sites excluding steroid dienone is 2. The van der Waals surface area contributed by atoms with Gasteiger partial charge in [0.25, 0.3) is 0 Å². The Labute approximate surface area is 326 Å².